The molecule has 42 heavy (non-hydrogen) atoms. The SMILES string of the molecule is CCOC(=O)C1=C(C)N=c2s/c(=C/c3cc(OC)c(OCc4ccc(F)cc4)cc3Br)c(=O)n2[C@H]1c1ccc(C)cc1. The van der Waals surface area contributed by atoms with Crippen LogP contribution in [0.3, 0.4) is 0 Å². The van der Waals surface area contributed by atoms with Gasteiger partial charge in [0.05, 0.1) is 35.6 Å². The van der Waals surface area contributed by atoms with E-state index >= 15 is 0 Å². The van der Waals surface area contributed by atoms with Crippen LogP contribution in [0.2, 0.25) is 0 Å². The molecule has 2 heterocycles. The third kappa shape index (κ3) is 5.96. The van der Waals surface area contributed by atoms with Gasteiger partial charge in [0.1, 0.15) is 12.4 Å². The van der Waals surface area contributed by atoms with Gasteiger partial charge in [0.15, 0.2) is 16.3 Å². The van der Waals surface area contributed by atoms with Gasteiger partial charge in [-0.25, -0.2) is 14.2 Å². The minimum atomic E-state index is -0.678. The molecule has 0 unspecified atom stereocenters. The fourth-order valence-electron chi connectivity index (χ4n) is 4.67. The van der Waals surface area contributed by atoms with Gasteiger partial charge >= 0.3 is 5.97 Å². The van der Waals surface area contributed by atoms with Crippen molar-refractivity contribution in [3.63, 3.8) is 0 Å². The van der Waals surface area contributed by atoms with Crippen molar-refractivity contribution in [1.29, 1.82) is 0 Å². The van der Waals surface area contributed by atoms with Gasteiger partial charge in [0, 0.05) is 4.47 Å². The molecule has 0 saturated heterocycles. The van der Waals surface area contributed by atoms with Crippen LogP contribution < -0.4 is 24.4 Å². The summed E-state index contributed by atoms with van der Waals surface area (Å²) in [5.41, 5.74) is 3.92. The number of carbonyl (C=O) groups excluding carboxylic acids is 1. The molecule has 10 heteroatoms. The topological polar surface area (TPSA) is 79.1 Å². The van der Waals surface area contributed by atoms with Crippen molar-refractivity contribution in [3.8, 4) is 11.5 Å². The quantitative estimate of drug-likeness (QED) is 0.232. The maximum atomic E-state index is 13.9. The van der Waals surface area contributed by atoms with Crippen LogP contribution in [-0.2, 0) is 16.1 Å². The summed E-state index contributed by atoms with van der Waals surface area (Å²) in [5.74, 6) is 0.146. The molecule has 1 aliphatic heterocycles. The Kier molecular flexibility index (Phi) is 8.74. The Labute approximate surface area is 254 Å². The second-order valence-corrected chi connectivity index (χ2v) is 11.5. The molecule has 5 rings (SSSR count). The lowest BCUT2D eigenvalue weighted by atomic mass is 9.95. The number of fused-ring (bicyclic) bond motifs is 1. The Bertz CT molecular complexity index is 1860. The number of thiazole rings is 1. The van der Waals surface area contributed by atoms with E-state index in [1.54, 1.807) is 48.8 Å². The fraction of sp³-hybridized carbons (Fsp3) is 0.219. The molecule has 0 aliphatic carbocycles. The van der Waals surface area contributed by atoms with Crippen LogP contribution in [0.4, 0.5) is 4.39 Å². The molecule has 216 valence electrons. The molecule has 0 spiro atoms. The van der Waals surface area contributed by atoms with Crippen LogP contribution in [0, 0.1) is 12.7 Å². The van der Waals surface area contributed by atoms with Gasteiger partial charge in [0.25, 0.3) is 5.56 Å². The predicted molar refractivity (Wildman–Crippen MR) is 163 cm³/mol. The number of halogens is 2. The summed E-state index contributed by atoms with van der Waals surface area (Å²) in [6.45, 7) is 5.92. The molecule has 0 N–H and O–H groups in total. The van der Waals surface area contributed by atoms with Crippen molar-refractivity contribution < 1.29 is 23.4 Å². The van der Waals surface area contributed by atoms with Gasteiger partial charge in [-0.3, -0.25) is 9.36 Å². The number of hydrogen-bond acceptors (Lipinski definition) is 7. The van der Waals surface area contributed by atoms with Gasteiger partial charge in [-0.15, -0.1) is 0 Å². The molecule has 0 amide bonds. The van der Waals surface area contributed by atoms with Gasteiger partial charge in [-0.1, -0.05) is 69.2 Å². The Hall–Kier alpha value is -4.02. The average molecular weight is 652 g/mol. The third-order valence-electron chi connectivity index (χ3n) is 6.79. The highest BCUT2D eigenvalue weighted by molar-refractivity contribution is 9.10. The van der Waals surface area contributed by atoms with Crippen molar-refractivity contribution >= 4 is 39.3 Å². The third-order valence-corrected chi connectivity index (χ3v) is 8.46. The van der Waals surface area contributed by atoms with Gasteiger partial charge in [-0.05, 0) is 67.8 Å². The highest BCUT2D eigenvalue weighted by atomic mass is 79.9. The summed E-state index contributed by atoms with van der Waals surface area (Å²) in [6.07, 6.45) is 1.76. The standard InChI is InChI=1S/C32H28BrFN2O5S/c1-5-40-31(38)28-19(3)35-32-36(29(28)21-10-6-18(2)7-11-21)30(37)27(42-32)15-22-14-25(39-4)26(16-24(22)33)41-17-20-8-12-23(34)13-9-20/h6-16,29H,5,17H2,1-4H3/b27-15+/t29-/m0/s1. The van der Waals surface area contributed by atoms with E-state index in [1.165, 1.54) is 30.6 Å². The lowest BCUT2D eigenvalue weighted by Crippen LogP contribution is -2.39. The normalized spacial score (nSPS) is 14.8. The number of carbonyl (C=O) groups is 1. The maximum absolute atomic E-state index is 13.9. The molecular weight excluding hydrogens is 623 g/mol. The number of methoxy groups -OCH3 is 1. The minimum Gasteiger partial charge on any atom is -0.493 e. The van der Waals surface area contributed by atoms with E-state index in [-0.39, 0.29) is 24.6 Å². The molecule has 3 aromatic carbocycles. The Morgan fingerprint density at radius 2 is 1.81 bits per heavy atom. The molecule has 0 fully saturated rings. The van der Waals surface area contributed by atoms with Crippen LogP contribution in [0.5, 0.6) is 11.5 Å². The highest BCUT2D eigenvalue weighted by Crippen LogP contribution is 2.35. The molecule has 0 radical (unpaired) electrons. The van der Waals surface area contributed by atoms with Crippen molar-refractivity contribution in [2.45, 2.75) is 33.4 Å². The zero-order valence-electron chi connectivity index (χ0n) is 23.4. The smallest absolute Gasteiger partial charge is 0.338 e. The number of benzene rings is 3. The lowest BCUT2D eigenvalue weighted by Gasteiger charge is -2.24. The summed E-state index contributed by atoms with van der Waals surface area (Å²) in [6, 6.07) is 16.7. The number of allylic oxidation sites excluding steroid dienone is 1. The molecule has 1 atom stereocenters. The zero-order valence-corrected chi connectivity index (χ0v) is 25.8. The summed E-state index contributed by atoms with van der Waals surface area (Å²) < 4.78 is 32.8. The molecule has 0 bridgehead atoms. The molecule has 1 aliphatic rings. The molecule has 1 aromatic heterocycles. The first-order chi connectivity index (χ1) is 20.2. The van der Waals surface area contributed by atoms with Gasteiger partial charge in [0.2, 0.25) is 0 Å². The first kappa shape index (κ1) is 29.5. The average Bonchev–Trinajstić information content (AvgIpc) is 3.27. The fourth-order valence-corrected chi connectivity index (χ4v) is 6.15. The van der Waals surface area contributed by atoms with E-state index in [0.717, 1.165) is 16.7 Å². The summed E-state index contributed by atoms with van der Waals surface area (Å²) in [4.78, 5) is 32.1. The number of ether oxygens (including phenoxy) is 3. The highest BCUT2D eigenvalue weighted by Gasteiger charge is 2.33. The number of esters is 1. The van der Waals surface area contributed by atoms with E-state index < -0.39 is 12.0 Å². The molecule has 7 nitrogen and oxygen atoms in total. The van der Waals surface area contributed by atoms with Crippen LogP contribution in [0.15, 0.2) is 86.2 Å². The second kappa shape index (κ2) is 12.5. The monoisotopic (exact) mass is 650 g/mol. The van der Waals surface area contributed by atoms with Crippen molar-refractivity contribution in [2.24, 2.45) is 4.99 Å². The first-order valence-electron chi connectivity index (χ1n) is 13.2. The maximum Gasteiger partial charge on any atom is 0.338 e. The first-order valence-corrected chi connectivity index (χ1v) is 14.8. The number of hydrogen-bond donors (Lipinski definition) is 0. The molecule has 0 saturated carbocycles. The minimum absolute atomic E-state index is 0.208. The number of aromatic nitrogens is 1. The van der Waals surface area contributed by atoms with Crippen molar-refractivity contribution in [2.75, 3.05) is 13.7 Å². The molecule has 4 aromatic rings. The lowest BCUT2D eigenvalue weighted by molar-refractivity contribution is -0.139. The van der Waals surface area contributed by atoms with Gasteiger partial charge < -0.3 is 14.2 Å². The van der Waals surface area contributed by atoms with Crippen LogP contribution >= 0.6 is 27.3 Å². The Morgan fingerprint density at radius 1 is 1.10 bits per heavy atom. The summed E-state index contributed by atoms with van der Waals surface area (Å²) in [5, 5.41) is 0. The van der Waals surface area contributed by atoms with E-state index in [4.69, 9.17) is 14.2 Å². The number of rotatable bonds is 8. The van der Waals surface area contributed by atoms with Crippen molar-refractivity contribution in [1.82, 2.24) is 4.57 Å². The summed E-state index contributed by atoms with van der Waals surface area (Å²) >= 11 is 4.84. The molecular formula is C32H28BrFN2O5S. The summed E-state index contributed by atoms with van der Waals surface area (Å²) in [7, 11) is 1.53. The van der Waals surface area contributed by atoms with E-state index in [0.29, 0.717) is 42.1 Å². The largest absolute Gasteiger partial charge is 0.493 e. The zero-order chi connectivity index (χ0) is 30.0. The Balaban J connectivity index is 1.57. The van der Waals surface area contributed by atoms with Crippen LogP contribution in [0.1, 0.15) is 42.1 Å². The van der Waals surface area contributed by atoms with E-state index in [2.05, 4.69) is 20.9 Å². The van der Waals surface area contributed by atoms with Crippen molar-refractivity contribution in [3.05, 3.63) is 124 Å². The van der Waals surface area contributed by atoms with Gasteiger partial charge in [-0.2, -0.15) is 0 Å². The van der Waals surface area contributed by atoms with E-state index in [1.807, 2.05) is 31.2 Å². The van der Waals surface area contributed by atoms with Crippen LogP contribution in [-0.4, -0.2) is 24.3 Å². The second-order valence-electron chi connectivity index (χ2n) is 9.65. The van der Waals surface area contributed by atoms with Crippen LogP contribution in [0.25, 0.3) is 6.08 Å². The number of aryl methyl sites for hydroxylation is 1. The predicted octanol–water partition coefficient (Wildman–Crippen LogP) is 5.60. The van der Waals surface area contributed by atoms with E-state index in [9.17, 15) is 14.0 Å². The number of nitrogens with zero attached hydrogens (tertiary/aromatic N) is 2. The Morgan fingerprint density at radius 3 is 2.48 bits per heavy atom.